The lowest BCUT2D eigenvalue weighted by Crippen LogP contribution is -2.30. The summed E-state index contributed by atoms with van der Waals surface area (Å²) in [5.74, 6) is 1.53. The first-order valence-electron chi connectivity index (χ1n) is 21.6. The zero-order valence-corrected chi connectivity index (χ0v) is 34.2. The van der Waals surface area contributed by atoms with Crippen molar-refractivity contribution < 1.29 is 28.6 Å². The summed E-state index contributed by atoms with van der Waals surface area (Å²) in [5.41, 5.74) is 0. The van der Waals surface area contributed by atoms with Crippen LogP contribution in [0.2, 0.25) is 0 Å². The minimum atomic E-state index is -0.762. The van der Waals surface area contributed by atoms with Gasteiger partial charge in [0.15, 0.2) is 6.10 Å². The molecular formula is C44H84O6. The van der Waals surface area contributed by atoms with Gasteiger partial charge >= 0.3 is 17.9 Å². The molecule has 0 aliphatic heterocycles. The maximum atomic E-state index is 12.7. The summed E-state index contributed by atoms with van der Waals surface area (Å²) in [6.07, 6.45) is 31.0. The topological polar surface area (TPSA) is 78.9 Å². The molecule has 0 heterocycles. The van der Waals surface area contributed by atoms with Gasteiger partial charge in [-0.3, -0.25) is 14.4 Å². The van der Waals surface area contributed by atoms with E-state index in [2.05, 4.69) is 41.5 Å². The molecule has 0 N–H and O–H groups in total. The Kier molecular flexibility index (Phi) is 34.7. The minimum absolute atomic E-state index is 0.0679. The fourth-order valence-corrected chi connectivity index (χ4v) is 6.32. The average Bonchev–Trinajstić information content (AvgIpc) is 3.08. The lowest BCUT2D eigenvalue weighted by Gasteiger charge is -2.18. The van der Waals surface area contributed by atoms with Crippen LogP contribution in [0, 0.1) is 17.8 Å². The van der Waals surface area contributed by atoms with Crippen molar-refractivity contribution in [1.29, 1.82) is 0 Å². The van der Waals surface area contributed by atoms with Gasteiger partial charge < -0.3 is 14.2 Å². The molecule has 0 radical (unpaired) electrons. The Bertz CT molecular complexity index is 778. The summed E-state index contributed by atoms with van der Waals surface area (Å²) in [7, 11) is 0. The quantitative estimate of drug-likeness (QED) is 0.0363. The van der Waals surface area contributed by atoms with Crippen LogP contribution in [0.1, 0.15) is 228 Å². The second-order valence-electron chi connectivity index (χ2n) is 16.2. The molecule has 0 aliphatic rings. The molecule has 0 saturated carbocycles. The van der Waals surface area contributed by atoms with Gasteiger partial charge in [-0.2, -0.15) is 0 Å². The van der Waals surface area contributed by atoms with Crippen molar-refractivity contribution in [3.63, 3.8) is 0 Å². The Morgan fingerprint density at radius 1 is 0.400 bits per heavy atom. The molecule has 50 heavy (non-hydrogen) atoms. The number of rotatable bonds is 37. The number of carbonyl (C=O) groups is 3. The molecule has 0 aromatic rings. The van der Waals surface area contributed by atoms with E-state index in [1.165, 1.54) is 109 Å². The Morgan fingerprint density at radius 3 is 1.04 bits per heavy atom. The average molecular weight is 709 g/mol. The third-order valence-electron chi connectivity index (χ3n) is 10.0. The highest BCUT2D eigenvalue weighted by molar-refractivity contribution is 5.71. The van der Waals surface area contributed by atoms with E-state index in [1.54, 1.807) is 0 Å². The normalized spacial score (nSPS) is 12.7. The zero-order valence-electron chi connectivity index (χ0n) is 34.2. The standard InChI is InChI=1S/C44H84O6/c1-7-40(6)32-26-20-16-17-22-28-34-43(46)49-37-41(36-48-42(45)33-27-21-15-11-13-19-25-31-39(4)5)50-44(47)35-29-23-14-10-8-9-12-18-24-30-38(2)3/h38-41H,7-37H2,1-6H3/t40?,41-/m1/s1. The monoisotopic (exact) mass is 709 g/mol. The van der Waals surface area contributed by atoms with E-state index in [4.69, 9.17) is 14.2 Å². The van der Waals surface area contributed by atoms with Gasteiger partial charge in [0.1, 0.15) is 13.2 Å². The number of ether oxygens (including phenoxy) is 3. The lowest BCUT2D eigenvalue weighted by atomic mass is 10.00. The predicted molar refractivity (Wildman–Crippen MR) is 210 cm³/mol. The van der Waals surface area contributed by atoms with Gasteiger partial charge in [0, 0.05) is 19.3 Å². The Labute approximate surface area is 310 Å². The maximum Gasteiger partial charge on any atom is 0.306 e. The van der Waals surface area contributed by atoms with E-state index in [9.17, 15) is 14.4 Å². The van der Waals surface area contributed by atoms with Crippen molar-refractivity contribution in [2.24, 2.45) is 17.8 Å². The first kappa shape index (κ1) is 48.4. The van der Waals surface area contributed by atoms with Crippen molar-refractivity contribution in [1.82, 2.24) is 0 Å². The number of carbonyl (C=O) groups excluding carboxylic acids is 3. The van der Waals surface area contributed by atoms with Gasteiger partial charge in [-0.25, -0.2) is 0 Å². The summed E-state index contributed by atoms with van der Waals surface area (Å²) < 4.78 is 16.7. The second kappa shape index (κ2) is 35.8. The largest absolute Gasteiger partial charge is 0.462 e. The molecule has 0 rings (SSSR count). The van der Waals surface area contributed by atoms with E-state index in [0.717, 1.165) is 75.5 Å². The Morgan fingerprint density at radius 2 is 0.700 bits per heavy atom. The maximum absolute atomic E-state index is 12.7. The molecule has 0 spiro atoms. The molecule has 0 saturated heterocycles. The third kappa shape index (κ3) is 36.2. The van der Waals surface area contributed by atoms with Crippen LogP contribution in [0.25, 0.3) is 0 Å². The molecule has 1 unspecified atom stereocenters. The summed E-state index contributed by atoms with van der Waals surface area (Å²) in [6, 6.07) is 0. The van der Waals surface area contributed by atoms with Crippen LogP contribution in [0.3, 0.4) is 0 Å². The molecule has 0 aliphatic carbocycles. The van der Waals surface area contributed by atoms with Crippen molar-refractivity contribution in [2.45, 2.75) is 234 Å². The van der Waals surface area contributed by atoms with Crippen LogP contribution in [-0.4, -0.2) is 37.2 Å². The molecule has 0 fully saturated rings. The van der Waals surface area contributed by atoms with Crippen molar-refractivity contribution in [3.8, 4) is 0 Å². The first-order valence-corrected chi connectivity index (χ1v) is 21.6. The van der Waals surface area contributed by atoms with E-state index in [0.29, 0.717) is 19.3 Å². The Hall–Kier alpha value is -1.59. The highest BCUT2D eigenvalue weighted by Crippen LogP contribution is 2.17. The second-order valence-corrected chi connectivity index (χ2v) is 16.2. The number of unbranched alkanes of at least 4 members (excludes halogenated alkanes) is 19. The van der Waals surface area contributed by atoms with Crippen LogP contribution >= 0.6 is 0 Å². The summed E-state index contributed by atoms with van der Waals surface area (Å²) >= 11 is 0. The van der Waals surface area contributed by atoms with Crippen molar-refractivity contribution in [2.75, 3.05) is 13.2 Å². The lowest BCUT2D eigenvalue weighted by molar-refractivity contribution is -0.167. The number of hydrogen-bond donors (Lipinski definition) is 0. The van der Waals surface area contributed by atoms with Crippen LogP contribution in [0.15, 0.2) is 0 Å². The van der Waals surface area contributed by atoms with Gasteiger partial charge in [0.2, 0.25) is 0 Å². The number of hydrogen-bond acceptors (Lipinski definition) is 6. The third-order valence-corrected chi connectivity index (χ3v) is 10.0. The molecule has 6 heteroatoms. The molecular weight excluding hydrogens is 624 g/mol. The molecule has 0 aromatic carbocycles. The van der Waals surface area contributed by atoms with Gasteiger partial charge in [-0.1, -0.05) is 189 Å². The summed E-state index contributed by atoms with van der Waals surface area (Å²) in [6.45, 7) is 13.6. The highest BCUT2D eigenvalue weighted by Gasteiger charge is 2.19. The first-order chi connectivity index (χ1) is 24.1. The fourth-order valence-electron chi connectivity index (χ4n) is 6.32. The molecule has 0 bridgehead atoms. The van der Waals surface area contributed by atoms with Gasteiger partial charge in [-0.15, -0.1) is 0 Å². The van der Waals surface area contributed by atoms with Crippen LogP contribution in [0.5, 0.6) is 0 Å². The van der Waals surface area contributed by atoms with Crippen molar-refractivity contribution >= 4 is 17.9 Å². The molecule has 6 nitrogen and oxygen atoms in total. The highest BCUT2D eigenvalue weighted by atomic mass is 16.6. The minimum Gasteiger partial charge on any atom is -0.462 e. The van der Waals surface area contributed by atoms with Gasteiger partial charge in [-0.05, 0) is 37.0 Å². The predicted octanol–water partition coefficient (Wildman–Crippen LogP) is 13.3. The summed E-state index contributed by atoms with van der Waals surface area (Å²) in [4.78, 5) is 37.6. The molecule has 0 amide bonds. The number of esters is 3. The van der Waals surface area contributed by atoms with Crippen LogP contribution in [0.4, 0.5) is 0 Å². The fraction of sp³-hybridized carbons (Fsp3) is 0.932. The van der Waals surface area contributed by atoms with Crippen LogP contribution < -0.4 is 0 Å². The SMILES string of the molecule is CCC(C)CCCCCCCCC(=O)OC[C@@H](COC(=O)CCCCCCCCCC(C)C)OC(=O)CCCCCCCCCCCC(C)C. The zero-order chi connectivity index (χ0) is 37.1. The smallest absolute Gasteiger partial charge is 0.306 e. The summed E-state index contributed by atoms with van der Waals surface area (Å²) in [5, 5.41) is 0. The van der Waals surface area contributed by atoms with Gasteiger partial charge in [0.25, 0.3) is 0 Å². The van der Waals surface area contributed by atoms with Crippen molar-refractivity contribution in [3.05, 3.63) is 0 Å². The Balaban J connectivity index is 4.37. The van der Waals surface area contributed by atoms with E-state index in [-0.39, 0.29) is 31.1 Å². The van der Waals surface area contributed by atoms with Crippen LogP contribution in [-0.2, 0) is 28.6 Å². The van der Waals surface area contributed by atoms with E-state index >= 15 is 0 Å². The molecule has 296 valence electrons. The molecule has 0 aromatic heterocycles. The van der Waals surface area contributed by atoms with Gasteiger partial charge in [0.05, 0.1) is 0 Å². The van der Waals surface area contributed by atoms with E-state index < -0.39 is 6.10 Å². The molecule has 2 atom stereocenters. The van der Waals surface area contributed by atoms with E-state index in [1.807, 2.05) is 0 Å².